The van der Waals surface area contributed by atoms with Crippen molar-refractivity contribution in [1.29, 1.82) is 0 Å². The van der Waals surface area contributed by atoms with Crippen molar-refractivity contribution in [3.8, 4) is 67.5 Å². The molecular weight excluding hydrogens is 1060 g/mol. The van der Waals surface area contributed by atoms with Crippen LogP contribution in [0.3, 0.4) is 0 Å². The molecule has 0 fully saturated rings. The van der Waals surface area contributed by atoms with E-state index in [0.29, 0.717) is 6.42 Å². The maximum Gasteiger partial charge on any atom is 0.0873 e. The Balaban J connectivity index is 0.000000211. The van der Waals surface area contributed by atoms with Crippen LogP contribution in [0.15, 0.2) is 182 Å². The van der Waals surface area contributed by atoms with Gasteiger partial charge in [0.15, 0.2) is 0 Å². The number of aliphatic hydroxyl groups excluding tert-OH is 2. The molecule has 2 N–H and O–H groups in total. The maximum absolute atomic E-state index is 8.56. The number of hydrogen-bond donors (Lipinski definition) is 2. The van der Waals surface area contributed by atoms with Gasteiger partial charge in [0.2, 0.25) is 0 Å². The number of nitrogens with zero attached hydrogens (tertiary/aromatic N) is 4. The zero-order valence-electron chi connectivity index (χ0n) is 31.5. The third-order valence-electron chi connectivity index (χ3n) is 8.39. The number of aromatic nitrogens is 4. The zero-order chi connectivity index (χ0) is 38.2. The molecule has 8 heteroatoms. The van der Waals surface area contributed by atoms with Gasteiger partial charge < -0.3 is 20.2 Å². The molecule has 2 unspecified atom stereocenters. The molecule has 2 heterocycles. The fourth-order valence-corrected chi connectivity index (χ4v) is 5.84. The minimum atomic E-state index is -0.375. The number of benzene rings is 6. The Morgan fingerprint density at radius 3 is 1.04 bits per heavy atom. The predicted molar refractivity (Wildman–Crippen MR) is 222 cm³/mol. The third-order valence-corrected chi connectivity index (χ3v) is 8.39. The Bertz CT molecular complexity index is 2170. The summed E-state index contributed by atoms with van der Waals surface area (Å²) in [5, 5.41) is 17.1. The fourth-order valence-electron chi connectivity index (χ4n) is 5.84. The van der Waals surface area contributed by atoms with Gasteiger partial charge in [0.05, 0.1) is 35.0 Å². The van der Waals surface area contributed by atoms with Crippen molar-refractivity contribution in [3.05, 3.63) is 194 Å². The van der Waals surface area contributed by atoms with E-state index in [2.05, 4.69) is 36.4 Å². The Morgan fingerprint density at radius 1 is 0.439 bits per heavy atom. The molecule has 0 aliphatic rings. The number of rotatable bonds is 8. The predicted octanol–water partition coefficient (Wildman–Crippen LogP) is 10.7. The second kappa shape index (κ2) is 23.1. The van der Waals surface area contributed by atoms with Crippen LogP contribution in [0, 0.1) is 12.1 Å². The molecule has 6 aromatic carbocycles. The molecule has 1 radical (unpaired) electrons. The van der Waals surface area contributed by atoms with Crippen molar-refractivity contribution in [3.63, 3.8) is 0 Å². The van der Waals surface area contributed by atoms with Crippen LogP contribution in [0.5, 0.6) is 0 Å². The SMILES string of the molecule is CC(O)CC(C)O.[Ir].[Pt].[c-]1ccccc1-c1ncc(-c2ccccc2)nc1-c1ccccc1.[c-]1ccccc1-c1ncc(-c2ccccc2)nc1-c1ccccc1. The van der Waals surface area contributed by atoms with Crippen LogP contribution >= 0.6 is 0 Å². The molecule has 0 spiro atoms. The largest absolute Gasteiger partial charge is 0.393 e. The van der Waals surface area contributed by atoms with Gasteiger partial charge in [-0.2, -0.15) is 0 Å². The van der Waals surface area contributed by atoms with E-state index in [1.165, 1.54) is 0 Å². The van der Waals surface area contributed by atoms with E-state index < -0.39 is 0 Å². The summed E-state index contributed by atoms with van der Waals surface area (Å²) in [5.74, 6) is 0. The van der Waals surface area contributed by atoms with Gasteiger partial charge in [-0.1, -0.05) is 121 Å². The molecule has 2 aromatic heterocycles. The van der Waals surface area contributed by atoms with Gasteiger partial charge >= 0.3 is 0 Å². The van der Waals surface area contributed by atoms with Gasteiger partial charge in [-0.05, 0) is 31.4 Å². The van der Waals surface area contributed by atoms with E-state index in [-0.39, 0.29) is 53.4 Å². The van der Waals surface area contributed by atoms with Crippen molar-refractivity contribution < 1.29 is 51.4 Å². The minimum Gasteiger partial charge on any atom is -0.393 e. The van der Waals surface area contributed by atoms with Crippen LogP contribution in [-0.4, -0.2) is 42.4 Å². The topological polar surface area (TPSA) is 92.0 Å². The van der Waals surface area contributed by atoms with Crippen molar-refractivity contribution in [2.24, 2.45) is 0 Å². The second-order valence-electron chi connectivity index (χ2n) is 12.9. The summed E-state index contributed by atoms with van der Waals surface area (Å²) in [6.07, 6.45) is 3.38. The van der Waals surface area contributed by atoms with Crippen LogP contribution in [0.1, 0.15) is 20.3 Å². The van der Waals surface area contributed by atoms with Gasteiger partial charge in [-0.15, -0.1) is 71.8 Å². The van der Waals surface area contributed by atoms with Gasteiger partial charge in [0.25, 0.3) is 0 Å². The standard InChI is InChI=1S/2C22H15N2.C5H12O2.Ir.Pt/c2*1-4-10-17(11-5-1)20-16-23-21(18-12-6-2-7-13-18)22(24-20)19-14-8-3-9-15-19;1-4(6)3-5(2)7;;/h2*1-12,14-16H;4-7H,3H2,1-2H3;;/q2*-1;;;. The van der Waals surface area contributed by atoms with Crippen molar-refractivity contribution >= 4 is 0 Å². The number of aliphatic hydroxyl groups is 2. The summed E-state index contributed by atoms with van der Waals surface area (Å²) >= 11 is 0. The zero-order valence-corrected chi connectivity index (χ0v) is 36.2. The van der Waals surface area contributed by atoms with E-state index in [0.717, 1.165) is 67.5 Å². The average molecular weight is 1110 g/mol. The fraction of sp³-hybridized carbons (Fsp3) is 0.102. The first kappa shape index (κ1) is 44.5. The normalized spacial score (nSPS) is 11.2. The van der Waals surface area contributed by atoms with Crippen LogP contribution in [0.25, 0.3) is 67.5 Å². The molecule has 0 amide bonds. The average Bonchev–Trinajstić information content (AvgIpc) is 3.25. The van der Waals surface area contributed by atoms with Crippen molar-refractivity contribution in [2.45, 2.75) is 32.5 Å². The van der Waals surface area contributed by atoms with Crippen LogP contribution in [0.4, 0.5) is 0 Å². The Labute approximate surface area is 363 Å². The van der Waals surface area contributed by atoms with Crippen LogP contribution in [-0.2, 0) is 41.2 Å². The monoisotopic (exact) mass is 1110 g/mol. The first-order valence-corrected chi connectivity index (χ1v) is 18.2. The van der Waals surface area contributed by atoms with E-state index in [4.69, 9.17) is 30.1 Å². The summed E-state index contributed by atoms with van der Waals surface area (Å²) in [5.41, 5.74) is 11.3. The number of hydrogen-bond acceptors (Lipinski definition) is 6. The van der Waals surface area contributed by atoms with Gasteiger partial charge in [0, 0.05) is 76.1 Å². The molecule has 2 atom stereocenters. The van der Waals surface area contributed by atoms with Gasteiger partial charge in [-0.25, -0.2) is 0 Å². The molecule has 6 nitrogen and oxygen atoms in total. The first-order chi connectivity index (χ1) is 27.0. The van der Waals surface area contributed by atoms with E-state index in [9.17, 15) is 0 Å². The molecule has 291 valence electrons. The Hall–Kier alpha value is -5.26. The summed E-state index contributed by atoms with van der Waals surface area (Å²) < 4.78 is 0. The Morgan fingerprint density at radius 2 is 0.754 bits per heavy atom. The molecule has 8 rings (SSSR count). The molecule has 0 aliphatic carbocycles. The van der Waals surface area contributed by atoms with Crippen LogP contribution in [0.2, 0.25) is 0 Å². The summed E-state index contributed by atoms with van der Waals surface area (Å²) in [7, 11) is 0. The van der Waals surface area contributed by atoms with Gasteiger partial charge in [0.1, 0.15) is 0 Å². The van der Waals surface area contributed by atoms with Crippen molar-refractivity contribution in [1.82, 2.24) is 19.9 Å². The summed E-state index contributed by atoms with van der Waals surface area (Å²) in [6.45, 7) is 3.32. The van der Waals surface area contributed by atoms with Crippen LogP contribution < -0.4 is 0 Å². The smallest absolute Gasteiger partial charge is 0.0873 e. The molecule has 0 aliphatic heterocycles. The third kappa shape index (κ3) is 12.9. The molecule has 0 bridgehead atoms. The minimum absolute atomic E-state index is 0. The summed E-state index contributed by atoms with van der Waals surface area (Å²) in [4.78, 5) is 19.2. The van der Waals surface area contributed by atoms with E-state index in [1.807, 2.05) is 158 Å². The molecule has 57 heavy (non-hydrogen) atoms. The van der Waals surface area contributed by atoms with E-state index in [1.54, 1.807) is 13.8 Å². The summed E-state index contributed by atoms with van der Waals surface area (Å²) in [6, 6.07) is 62.8. The van der Waals surface area contributed by atoms with Gasteiger partial charge in [-0.3, -0.25) is 9.97 Å². The maximum atomic E-state index is 8.56. The molecule has 0 saturated carbocycles. The van der Waals surface area contributed by atoms with Crippen molar-refractivity contribution in [2.75, 3.05) is 0 Å². The molecule has 8 aromatic rings. The molecule has 0 saturated heterocycles. The quantitative estimate of drug-likeness (QED) is 0.147. The Kier molecular flexibility index (Phi) is 18.0. The first-order valence-electron chi connectivity index (χ1n) is 18.2. The van der Waals surface area contributed by atoms with E-state index >= 15 is 0 Å². The second-order valence-corrected chi connectivity index (χ2v) is 12.9. The molecular formula is C49H42IrN4O2Pt-2.